The molecular weight excluding hydrogens is 371 g/mol. The first-order valence-corrected chi connectivity index (χ1v) is 10.8. The summed E-state index contributed by atoms with van der Waals surface area (Å²) >= 11 is 3.92. The van der Waals surface area contributed by atoms with Gasteiger partial charge >= 0.3 is 144 Å². The van der Waals surface area contributed by atoms with E-state index in [9.17, 15) is 0 Å². The first kappa shape index (κ1) is 14.4. The number of aromatic nitrogens is 2. The third kappa shape index (κ3) is 2.30. The molecular formula is C17H16AsN2S2+. The molecule has 0 unspecified atom stereocenters. The Kier molecular flexibility index (Phi) is 3.77. The number of thiazole rings is 2. The minimum atomic E-state index is 0.0166. The van der Waals surface area contributed by atoms with Crippen molar-refractivity contribution in [3.8, 4) is 0 Å². The van der Waals surface area contributed by atoms with E-state index < -0.39 is 0 Å². The molecule has 2 aromatic heterocycles. The van der Waals surface area contributed by atoms with Crippen LogP contribution in [0.3, 0.4) is 0 Å². The van der Waals surface area contributed by atoms with Gasteiger partial charge in [0.05, 0.1) is 0 Å². The molecule has 110 valence electrons. The molecule has 4 rings (SSSR count). The van der Waals surface area contributed by atoms with Crippen molar-refractivity contribution >= 4 is 62.2 Å². The Morgan fingerprint density at radius 2 is 1.73 bits per heavy atom. The first-order valence-electron chi connectivity index (χ1n) is 7.28. The molecule has 0 saturated carbocycles. The Morgan fingerprint density at radius 3 is 2.50 bits per heavy atom. The minimum absolute atomic E-state index is 0.0166. The molecule has 0 radical (unpaired) electrons. The Morgan fingerprint density at radius 1 is 1.00 bits per heavy atom. The summed E-state index contributed by atoms with van der Waals surface area (Å²) in [6, 6.07) is 17.5. The van der Waals surface area contributed by atoms with Gasteiger partial charge in [0.2, 0.25) is 0 Å². The van der Waals surface area contributed by atoms with Crippen LogP contribution in [0.5, 0.6) is 0 Å². The summed E-state index contributed by atoms with van der Waals surface area (Å²) in [7, 11) is 2.20. The molecule has 0 fully saturated rings. The Labute approximate surface area is 143 Å². The van der Waals surface area contributed by atoms with Crippen molar-refractivity contribution in [2.24, 2.45) is 7.05 Å². The first-order chi connectivity index (χ1) is 10.8. The van der Waals surface area contributed by atoms with E-state index in [0.717, 1.165) is 6.54 Å². The van der Waals surface area contributed by atoms with E-state index in [1.165, 1.54) is 27.6 Å². The van der Waals surface area contributed by atoms with Gasteiger partial charge in [-0.2, -0.15) is 0 Å². The van der Waals surface area contributed by atoms with E-state index in [1.807, 2.05) is 22.7 Å². The second-order valence-corrected chi connectivity index (χ2v) is 10.7. The van der Waals surface area contributed by atoms with Crippen LogP contribution in [0.25, 0.3) is 20.4 Å². The molecule has 0 aliphatic rings. The number of benzene rings is 2. The van der Waals surface area contributed by atoms with Gasteiger partial charge in [-0.1, -0.05) is 0 Å². The fraction of sp³-hybridized carbons (Fsp3) is 0.176. The van der Waals surface area contributed by atoms with Crippen molar-refractivity contribution < 1.29 is 4.57 Å². The molecule has 2 heterocycles. The zero-order valence-electron chi connectivity index (χ0n) is 12.5. The maximum atomic E-state index is 2.49. The van der Waals surface area contributed by atoms with Gasteiger partial charge in [0.25, 0.3) is 0 Å². The Balaban J connectivity index is 2.00. The maximum absolute atomic E-state index is 2.49. The molecule has 0 spiro atoms. The Bertz CT molecular complexity index is 1040. The average Bonchev–Trinajstić information content (AvgIpc) is 3.06. The van der Waals surface area contributed by atoms with Crippen LogP contribution in [0.1, 0.15) is 6.92 Å². The predicted molar refractivity (Wildman–Crippen MR) is 97.1 cm³/mol. The second kappa shape index (κ2) is 5.77. The van der Waals surface area contributed by atoms with E-state index in [1.54, 1.807) is 0 Å². The molecule has 0 N–H and O–H groups in total. The van der Waals surface area contributed by atoms with Crippen LogP contribution >= 0.6 is 22.7 Å². The molecule has 0 aliphatic carbocycles. The summed E-state index contributed by atoms with van der Waals surface area (Å²) in [5.41, 5.74) is 2.73. The molecule has 0 atom stereocenters. The normalized spacial score (nSPS) is 12.5. The predicted octanol–water partition coefficient (Wildman–Crippen LogP) is 3.32. The molecule has 0 aliphatic heterocycles. The summed E-state index contributed by atoms with van der Waals surface area (Å²) in [5.74, 6) is 0. The van der Waals surface area contributed by atoms with Crippen molar-refractivity contribution in [2.75, 3.05) is 0 Å². The molecule has 0 amide bonds. The SMILES string of the molecule is CC[n+]1c([As]=c2sc3ccccc3n2C)sc2ccccc21. The zero-order valence-corrected chi connectivity index (χ0v) is 16.0. The number of para-hydroxylation sites is 2. The van der Waals surface area contributed by atoms with E-state index in [0.29, 0.717) is 0 Å². The Hall–Kier alpha value is -1.22. The van der Waals surface area contributed by atoms with Crippen LogP contribution in [-0.2, 0) is 13.6 Å². The van der Waals surface area contributed by atoms with E-state index >= 15 is 0 Å². The molecule has 22 heavy (non-hydrogen) atoms. The van der Waals surface area contributed by atoms with E-state index in [2.05, 4.69) is 71.6 Å². The van der Waals surface area contributed by atoms with Crippen LogP contribution in [0.15, 0.2) is 48.5 Å². The van der Waals surface area contributed by atoms with E-state index in [-0.39, 0.29) is 15.3 Å². The number of hydrogen-bond acceptors (Lipinski definition) is 2. The third-order valence-corrected chi connectivity index (χ3v) is 9.84. The average molecular weight is 387 g/mol. The van der Waals surface area contributed by atoms with Crippen molar-refractivity contribution in [1.82, 2.24) is 4.57 Å². The van der Waals surface area contributed by atoms with Crippen molar-refractivity contribution in [1.29, 1.82) is 0 Å². The van der Waals surface area contributed by atoms with Gasteiger partial charge in [0, 0.05) is 0 Å². The van der Waals surface area contributed by atoms with Crippen molar-refractivity contribution in [3.63, 3.8) is 0 Å². The van der Waals surface area contributed by atoms with Crippen LogP contribution in [0.4, 0.5) is 0 Å². The van der Waals surface area contributed by atoms with Crippen LogP contribution in [0, 0.1) is 3.39 Å². The molecule has 2 nitrogen and oxygen atoms in total. The standard InChI is InChI=1S/C17H16AsN2S2/c1-3-20-13-9-5-7-11-15(13)22-17(20)18-16-19(2)12-8-4-6-10-14(12)21-16/h4-11H,3H2,1-2H3/q+1. The summed E-state index contributed by atoms with van der Waals surface area (Å²) in [6.07, 6.45) is 0. The second-order valence-electron chi connectivity index (χ2n) is 5.12. The number of rotatable bonds is 2. The summed E-state index contributed by atoms with van der Waals surface area (Å²) in [6.45, 7) is 3.29. The van der Waals surface area contributed by atoms with Gasteiger partial charge in [-0.25, -0.2) is 0 Å². The fourth-order valence-electron chi connectivity index (χ4n) is 2.68. The third-order valence-electron chi connectivity index (χ3n) is 3.81. The fourth-order valence-corrected chi connectivity index (χ4v) is 9.30. The van der Waals surface area contributed by atoms with E-state index in [4.69, 9.17) is 0 Å². The van der Waals surface area contributed by atoms with Crippen molar-refractivity contribution in [3.05, 3.63) is 51.9 Å². The number of aryl methyl sites for hydroxylation is 2. The quantitative estimate of drug-likeness (QED) is 0.369. The number of nitrogens with zero attached hydrogens (tertiary/aromatic N) is 2. The van der Waals surface area contributed by atoms with Gasteiger partial charge < -0.3 is 0 Å². The molecule has 0 bridgehead atoms. The molecule has 5 heteroatoms. The van der Waals surface area contributed by atoms with Gasteiger partial charge in [0.1, 0.15) is 0 Å². The monoisotopic (exact) mass is 387 g/mol. The summed E-state index contributed by atoms with van der Waals surface area (Å²) < 4.78 is 10.7. The number of hydrogen-bond donors (Lipinski definition) is 0. The zero-order chi connectivity index (χ0) is 15.1. The van der Waals surface area contributed by atoms with Crippen LogP contribution in [0.2, 0.25) is 0 Å². The summed E-state index contributed by atoms with van der Waals surface area (Å²) in [4.78, 5) is 0. The van der Waals surface area contributed by atoms with Crippen molar-refractivity contribution in [2.45, 2.75) is 13.5 Å². The molecule has 4 aromatic rings. The van der Waals surface area contributed by atoms with Gasteiger partial charge in [-0.3, -0.25) is 0 Å². The topological polar surface area (TPSA) is 8.81 Å². The van der Waals surface area contributed by atoms with Gasteiger partial charge in [-0.15, -0.1) is 0 Å². The molecule has 0 saturated heterocycles. The van der Waals surface area contributed by atoms with Crippen LogP contribution in [-0.4, -0.2) is 19.9 Å². The van der Waals surface area contributed by atoms with Crippen LogP contribution < -0.4 is 8.36 Å². The summed E-state index contributed by atoms with van der Waals surface area (Å²) in [5, 5.41) is 0. The van der Waals surface area contributed by atoms with Gasteiger partial charge in [-0.05, 0) is 0 Å². The molecule has 2 aromatic carbocycles. The number of fused-ring (bicyclic) bond motifs is 2. The van der Waals surface area contributed by atoms with Gasteiger partial charge in [0.15, 0.2) is 0 Å².